The molecule has 0 spiro atoms. The van der Waals surface area contributed by atoms with E-state index in [0.29, 0.717) is 25.8 Å². The average Bonchev–Trinajstić information content (AvgIpc) is 3.00. The summed E-state index contributed by atoms with van der Waals surface area (Å²) in [4.78, 5) is 14.0. The molecule has 0 aromatic heterocycles. The van der Waals surface area contributed by atoms with Gasteiger partial charge in [-0.2, -0.15) is 0 Å². The Kier molecular flexibility index (Phi) is 6.43. The maximum Gasteiger partial charge on any atom is 0.315 e. The molecule has 2 rings (SSSR count). The number of ether oxygens (including phenoxy) is 2. The van der Waals surface area contributed by atoms with Crippen molar-refractivity contribution in [1.82, 2.24) is 15.5 Å². The van der Waals surface area contributed by atoms with E-state index in [9.17, 15) is 9.90 Å². The first-order valence-electron chi connectivity index (χ1n) is 8.11. The normalized spacial score (nSPS) is 32.6. The number of hydrogen-bond donors (Lipinski definition) is 3. The molecule has 0 radical (unpaired) electrons. The van der Waals surface area contributed by atoms with Gasteiger partial charge in [0.25, 0.3) is 0 Å². The van der Waals surface area contributed by atoms with Gasteiger partial charge in [-0.1, -0.05) is 0 Å². The van der Waals surface area contributed by atoms with Gasteiger partial charge in [0.2, 0.25) is 0 Å². The topological polar surface area (TPSA) is 83.1 Å². The molecule has 0 aliphatic carbocycles. The van der Waals surface area contributed by atoms with Crippen LogP contribution in [0, 0.1) is 0 Å². The number of hydrogen-bond acceptors (Lipinski definition) is 5. The number of aliphatic hydroxyl groups is 1. The second-order valence-corrected chi connectivity index (χ2v) is 6.49. The molecule has 7 heteroatoms. The van der Waals surface area contributed by atoms with Crippen LogP contribution in [0.25, 0.3) is 0 Å². The first-order chi connectivity index (χ1) is 10.5. The van der Waals surface area contributed by atoms with E-state index >= 15 is 0 Å². The number of amides is 2. The van der Waals surface area contributed by atoms with Gasteiger partial charge >= 0.3 is 6.03 Å². The Labute approximate surface area is 132 Å². The Balaban J connectivity index is 1.80. The zero-order valence-corrected chi connectivity index (χ0v) is 13.7. The first kappa shape index (κ1) is 17.5. The van der Waals surface area contributed by atoms with Gasteiger partial charge in [0.05, 0.1) is 25.4 Å². The lowest BCUT2D eigenvalue weighted by molar-refractivity contribution is 0.00469. The van der Waals surface area contributed by atoms with Crippen LogP contribution in [0.5, 0.6) is 0 Å². The van der Waals surface area contributed by atoms with Crippen LogP contribution in [0.15, 0.2) is 0 Å². The van der Waals surface area contributed by atoms with Crippen LogP contribution in [-0.2, 0) is 9.47 Å². The highest BCUT2D eigenvalue weighted by Gasteiger charge is 2.39. The van der Waals surface area contributed by atoms with Crippen LogP contribution < -0.4 is 10.6 Å². The SMILES string of the molecule is COCC1CCCN1CC1OCC(NC(=O)NC(C)C)C1O. The van der Waals surface area contributed by atoms with Crippen molar-refractivity contribution >= 4 is 6.03 Å². The molecule has 4 atom stereocenters. The smallest absolute Gasteiger partial charge is 0.315 e. The third-order valence-electron chi connectivity index (χ3n) is 4.29. The fourth-order valence-electron chi connectivity index (χ4n) is 3.19. The van der Waals surface area contributed by atoms with E-state index in [2.05, 4.69) is 15.5 Å². The summed E-state index contributed by atoms with van der Waals surface area (Å²) in [6, 6.07) is -0.152. The Morgan fingerprint density at radius 3 is 2.95 bits per heavy atom. The van der Waals surface area contributed by atoms with Crippen molar-refractivity contribution in [3.05, 3.63) is 0 Å². The van der Waals surface area contributed by atoms with Gasteiger partial charge < -0.3 is 25.2 Å². The molecule has 128 valence electrons. The Morgan fingerprint density at radius 2 is 2.27 bits per heavy atom. The number of rotatable bonds is 6. The van der Waals surface area contributed by atoms with Crippen molar-refractivity contribution in [3.63, 3.8) is 0 Å². The van der Waals surface area contributed by atoms with E-state index in [1.54, 1.807) is 7.11 Å². The van der Waals surface area contributed by atoms with Gasteiger partial charge in [0.15, 0.2) is 0 Å². The van der Waals surface area contributed by atoms with Crippen LogP contribution >= 0.6 is 0 Å². The fraction of sp³-hybridized carbons (Fsp3) is 0.933. The largest absolute Gasteiger partial charge is 0.388 e. The van der Waals surface area contributed by atoms with Crippen LogP contribution in [0.2, 0.25) is 0 Å². The van der Waals surface area contributed by atoms with Gasteiger partial charge in [0, 0.05) is 25.7 Å². The standard InChI is InChI=1S/C15H29N3O4/c1-10(2)16-15(20)17-12-9-22-13(14(12)19)7-18-6-4-5-11(18)8-21-3/h10-14,19H,4-9H2,1-3H3,(H2,16,17,20). The Morgan fingerprint density at radius 1 is 1.50 bits per heavy atom. The minimum atomic E-state index is -0.679. The highest BCUT2D eigenvalue weighted by atomic mass is 16.5. The van der Waals surface area contributed by atoms with Gasteiger partial charge in [-0.15, -0.1) is 0 Å². The number of carbonyl (C=O) groups excluding carboxylic acids is 1. The molecule has 3 N–H and O–H groups in total. The Bertz CT molecular complexity index is 367. The number of nitrogens with zero attached hydrogens (tertiary/aromatic N) is 1. The van der Waals surface area contributed by atoms with Gasteiger partial charge in [-0.05, 0) is 33.2 Å². The molecule has 2 heterocycles. The predicted molar refractivity (Wildman–Crippen MR) is 82.8 cm³/mol. The van der Waals surface area contributed by atoms with Gasteiger partial charge in [-0.3, -0.25) is 4.90 Å². The third kappa shape index (κ3) is 4.55. The lowest BCUT2D eigenvalue weighted by Crippen LogP contribution is -2.51. The summed E-state index contributed by atoms with van der Waals surface area (Å²) in [6.45, 7) is 6.54. The maximum absolute atomic E-state index is 11.7. The van der Waals surface area contributed by atoms with Crippen LogP contribution in [0.3, 0.4) is 0 Å². The minimum Gasteiger partial charge on any atom is -0.388 e. The van der Waals surface area contributed by atoms with Crippen LogP contribution in [-0.4, -0.2) is 79.8 Å². The maximum atomic E-state index is 11.7. The molecular weight excluding hydrogens is 286 g/mol. The number of urea groups is 1. The summed E-state index contributed by atoms with van der Waals surface area (Å²) >= 11 is 0. The Hall–Kier alpha value is -0.890. The van der Waals surface area contributed by atoms with E-state index in [-0.39, 0.29) is 24.2 Å². The summed E-state index contributed by atoms with van der Waals surface area (Å²) in [6.07, 6.45) is 1.33. The van der Waals surface area contributed by atoms with E-state index in [1.807, 2.05) is 13.8 Å². The number of carbonyl (C=O) groups is 1. The first-order valence-corrected chi connectivity index (χ1v) is 8.11. The second-order valence-electron chi connectivity index (χ2n) is 6.49. The molecule has 4 unspecified atom stereocenters. The van der Waals surface area contributed by atoms with Crippen molar-refractivity contribution in [3.8, 4) is 0 Å². The number of methoxy groups -OCH3 is 1. The zero-order valence-electron chi connectivity index (χ0n) is 13.7. The molecule has 0 saturated carbocycles. The molecule has 2 aliphatic rings. The van der Waals surface area contributed by atoms with E-state index in [0.717, 1.165) is 19.4 Å². The number of aliphatic hydroxyl groups excluding tert-OH is 1. The summed E-state index contributed by atoms with van der Waals surface area (Å²) in [5.74, 6) is 0. The van der Waals surface area contributed by atoms with Gasteiger partial charge in [0.1, 0.15) is 6.10 Å². The summed E-state index contributed by atoms with van der Waals surface area (Å²) < 4.78 is 10.9. The van der Waals surface area contributed by atoms with Crippen molar-refractivity contribution in [2.45, 2.75) is 57.0 Å². The average molecular weight is 315 g/mol. The molecule has 0 bridgehead atoms. The zero-order chi connectivity index (χ0) is 16.1. The molecule has 0 aromatic carbocycles. The van der Waals surface area contributed by atoms with E-state index in [4.69, 9.17) is 9.47 Å². The minimum absolute atomic E-state index is 0.0645. The molecule has 2 saturated heterocycles. The summed E-state index contributed by atoms with van der Waals surface area (Å²) in [5.41, 5.74) is 0. The second kappa shape index (κ2) is 8.10. The monoisotopic (exact) mass is 315 g/mol. The molecule has 22 heavy (non-hydrogen) atoms. The summed E-state index contributed by atoms with van der Waals surface area (Å²) in [5, 5.41) is 15.9. The van der Waals surface area contributed by atoms with Crippen molar-refractivity contribution in [2.24, 2.45) is 0 Å². The fourth-order valence-corrected chi connectivity index (χ4v) is 3.19. The van der Waals surface area contributed by atoms with Crippen molar-refractivity contribution in [2.75, 3.05) is 33.4 Å². The molecule has 2 amide bonds. The highest BCUT2D eigenvalue weighted by molar-refractivity contribution is 5.74. The molecule has 2 fully saturated rings. The molecule has 7 nitrogen and oxygen atoms in total. The number of nitrogens with one attached hydrogen (secondary N) is 2. The van der Waals surface area contributed by atoms with E-state index < -0.39 is 6.10 Å². The van der Waals surface area contributed by atoms with Crippen LogP contribution in [0.1, 0.15) is 26.7 Å². The van der Waals surface area contributed by atoms with Crippen LogP contribution in [0.4, 0.5) is 4.79 Å². The summed E-state index contributed by atoms with van der Waals surface area (Å²) in [7, 11) is 1.71. The molecular formula is C15H29N3O4. The van der Waals surface area contributed by atoms with E-state index in [1.165, 1.54) is 0 Å². The molecule has 0 aromatic rings. The highest BCUT2D eigenvalue weighted by Crippen LogP contribution is 2.22. The number of likely N-dealkylation sites (tertiary alicyclic amines) is 1. The molecule has 2 aliphatic heterocycles. The predicted octanol–water partition coefficient (Wildman–Crippen LogP) is -0.0669. The van der Waals surface area contributed by atoms with Crippen molar-refractivity contribution in [1.29, 1.82) is 0 Å². The van der Waals surface area contributed by atoms with Crippen molar-refractivity contribution < 1.29 is 19.4 Å². The third-order valence-corrected chi connectivity index (χ3v) is 4.29. The quantitative estimate of drug-likeness (QED) is 0.639. The lowest BCUT2D eigenvalue weighted by Gasteiger charge is -2.28. The lowest BCUT2D eigenvalue weighted by atomic mass is 10.1. The van der Waals surface area contributed by atoms with Gasteiger partial charge in [-0.25, -0.2) is 4.79 Å².